The van der Waals surface area contributed by atoms with Crippen molar-refractivity contribution in [1.29, 1.82) is 0 Å². The lowest BCUT2D eigenvalue weighted by Gasteiger charge is -2.09. The fraction of sp³-hybridized carbons (Fsp3) is 0.278. The Morgan fingerprint density at radius 2 is 2.04 bits per heavy atom. The molecule has 0 aliphatic heterocycles. The molecule has 0 saturated heterocycles. The summed E-state index contributed by atoms with van der Waals surface area (Å²) in [5.41, 5.74) is 1.55. The minimum absolute atomic E-state index is 0.0281. The molecule has 0 N–H and O–H groups in total. The van der Waals surface area contributed by atoms with Gasteiger partial charge in [0.2, 0.25) is 0 Å². The maximum atomic E-state index is 12.4. The van der Waals surface area contributed by atoms with Crippen LogP contribution in [0, 0.1) is 0 Å². The van der Waals surface area contributed by atoms with Gasteiger partial charge in [0.15, 0.2) is 10.9 Å². The van der Waals surface area contributed by atoms with Gasteiger partial charge in [-0.05, 0) is 24.8 Å². The smallest absolute Gasteiger partial charge is 0.272 e. The summed E-state index contributed by atoms with van der Waals surface area (Å²) in [6, 6.07) is 11.2. The third kappa shape index (κ3) is 3.60. The lowest BCUT2D eigenvalue weighted by atomic mass is 10.1. The van der Waals surface area contributed by atoms with E-state index in [4.69, 9.17) is 0 Å². The Bertz CT molecular complexity index is 900. The molecule has 2 heterocycles. The number of rotatable bonds is 7. The Morgan fingerprint density at radius 1 is 1.25 bits per heavy atom. The van der Waals surface area contributed by atoms with Crippen molar-refractivity contribution >= 4 is 39.1 Å². The Labute approximate surface area is 148 Å². The van der Waals surface area contributed by atoms with E-state index >= 15 is 0 Å². The number of nitrogens with zero attached hydrogens (tertiary/aromatic N) is 2. The van der Waals surface area contributed by atoms with Crippen molar-refractivity contribution in [2.75, 3.05) is 5.75 Å². The molecule has 0 unspecified atom stereocenters. The maximum absolute atomic E-state index is 12.4. The van der Waals surface area contributed by atoms with Gasteiger partial charge >= 0.3 is 0 Å². The number of ketones is 1. The molecule has 6 heteroatoms. The summed E-state index contributed by atoms with van der Waals surface area (Å²) in [5, 5.41) is 2.63. The van der Waals surface area contributed by atoms with Crippen LogP contribution in [0.2, 0.25) is 0 Å². The van der Waals surface area contributed by atoms with Crippen molar-refractivity contribution < 1.29 is 4.79 Å². The van der Waals surface area contributed by atoms with E-state index < -0.39 is 0 Å². The van der Waals surface area contributed by atoms with Crippen molar-refractivity contribution in [3.05, 3.63) is 57.7 Å². The number of Topliss-reactive ketones (excluding diaryl/α,β-unsaturated/α-hetero) is 1. The van der Waals surface area contributed by atoms with Crippen LogP contribution >= 0.6 is 23.1 Å². The van der Waals surface area contributed by atoms with Gasteiger partial charge in [-0.15, -0.1) is 11.3 Å². The van der Waals surface area contributed by atoms with Crippen molar-refractivity contribution in [2.24, 2.45) is 0 Å². The number of fused-ring (bicyclic) bond motifs is 1. The first-order valence-corrected chi connectivity index (χ1v) is 9.76. The predicted molar refractivity (Wildman–Crippen MR) is 100 cm³/mol. The zero-order chi connectivity index (χ0) is 16.9. The van der Waals surface area contributed by atoms with Crippen LogP contribution in [0.5, 0.6) is 0 Å². The van der Waals surface area contributed by atoms with Gasteiger partial charge in [0.25, 0.3) is 5.56 Å². The molecule has 0 amide bonds. The summed E-state index contributed by atoms with van der Waals surface area (Å²) in [5.74, 6) is 0.922. The number of aromatic nitrogens is 2. The molecule has 3 rings (SSSR count). The van der Waals surface area contributed by atoms with Crippen LogP contribution in [0.4, 0.5) is 0 Å². The van der Waals surface area contributed by atoms with Crippen molar-refractivity contribution in [1.82, 2.24) is 9.55 Å². The fourth-order valence-electron chi connectivity index (χ4n) is 2.48. The second-order valence-electron chi connectivity index (χ2n) is 5.32. The second-order valence-corrected chi connectivity index (χ2v) is 7.30. The highest BCUT2D eigenvalue weighted by atomic mass is 32.2. The molecular weight excluding hydrogens is 340 g/mol. The third-order valence-electron chi connectivity index (χ3n) is 3.72. The Balaban J connectivity index is 1.64. The van der Waals surface area contributed by atoms with E-state index in [2.05, 4.69) is 4.98 Å². The van der Waals surface area contributed by atoms with Crippen molar-refractivity contribution in [3.8, 4) is 0 Å². The summed E-state index contributed by atoms with van der Waals surface area (Å²) in [4.78, 5) is 29.1. The number of hydrogen-bond acceptors (Lipinski definition) is 5. The van der Waals surface area contributed by atoms with E-state index in [1.165, 1.54) is 11.3 Å². The van der Waals surface area contributed by atoms with E-state index in [0.29, 0.717) is 17.7 Å². The molecule has 0 atom stereocenters. The minimum atomic E-state index is 0.0281. The number of carbonyl (C=O) groups excluding carboxylic acids is 1. The van der Waals surface area contributed by atoms with Crippen LogP contribution in [0.3, 0.4) is 0 Å². The molecule has 0 aliphatic carbocycles. The normalized spacial score (nSPS) is 11.0. The highest BCUT2D eigenvalue weighted by Crippen LogP contribution is 2.22. The van der Waals surface area contributed by atoms with Gasteiger partial charge in [0.05, 0.1) is 5.52 Å². The van der Waals surface area contributed by atoms with E-state index in [0.717, 1.165) is 28.4 Å². The van der Waals surface area contributed by atoms with E-state index in [1.807, 2.05) is 48.7 Å². The average Bonchev–Trinajstić information content (AvgIpc) is 3.08. The summed E-state index contributed by atoms with van der Waals surface area (Å²) < 4.78 is 2.42. The lowest BCUT2D eigenvalue weighted by molar-refractivity contribution is 0.0982. The average molecular weight is 358 g/mol. The Hall–Kier alpha value is -1.92. The molecule has 0 aliphatic rings. The monoisotopic (exact) mass is 358 g/mol. The molecule has 24 heavy (non-hydrogen) atoms. The molecule has 1 aromatic carbocycles. The van der Waals surface area contributed by atoms with Gasteiger partial charge in [-0.25, -0.2) is 4.98 Å². The summed E-state index contributed by atoms with van der Waals surface area (Å²) in [6.45, 7) is 2.55. The summed E-state index contributed by atoms with van der Waals surface area (Å²) in [6.07, 6.45) is 1.27. The quantitative estimate of drug-likeness (QED) is 0.274. The summed E-state index contributed by atoms with van der Waals surface area (Å²) in [7, 11) is 0. The SMILES string of the molecule is CCn1c(SCCCC(=O)c2ccccc2)nc2ccsc2c1=O. The standard InChI is InChI=1S/C18H18N2O2S2/c1-2-20-17(22)16-14(10-12-23-16)19-18(20)24-11-6-9-15(21)13-7-4-3-5-8-13/h3-5,7-8,10,12H,2,6,9,11H2,1H3. The van der Waals surface area contributed by atoms with Gasteiger partial charge in [-0.2, -0.15) is 0 Å². The molecule has 3 aromatic rings. The van der Waals surface area contributed by atoms with E-state index in [1.54, 1.807) is 16.3 Å². The first kappa shape index (κ1) is 16.9. The molecule has 0 radical (unpaired) electrons. The Kier molecular flexibility index (Phi) is 5.48. The zero-order valence-electron chi connectivity index (χ0n) is 13.4. The number of hydrogen-bond donors (Lipinski definition) is 0. The molecule has 0 saturated carbocycles. The third-order valence-corrected chi connectivity index (χ3v) is 5.68. The Morgan fingerprint density at radius 3 is 2.79 bits per heavy atom. The zero-order valence-corrected chi connectivity index (χ0v) is 15.0. The van der Waals surface area contributed by atoms with Crippen LogP contribution in [0.15, 0.2) is 51.7 Å². The molecule has 2 aromatic heterocycles. The van der Waals surface area contributed by atoms with Gasteiger partial charge in [0.1, 0.15) is 4.70 Å². The predicted octanol–water partition coefficient (Wildman–Crippen LogP) is 4.23. The highest BCUT2D eigenvalue weighted by molar-refractivity contribution is 7.99. The number of thiophene rings is 1. The van der Waals surface area contributed by atoms with Gasteiger partial charge in [-0.1, -0.05) is 42.1 Å². The molecular formula is C18H18N2O2S2. The largest absolute Gasteiger partial charge is 0.294 e. The number of benzene rings is 1. The van der Waals surface area contributed by atoms with E-state index in [-0.39, 0.29) is 11.3 Å². The van der Waals surface area contributed by atoms with Crippen LogP contribution in [0.25, 0.3) is 10.2 Å². The molecule has 4 nitrogen and oxygen atoms in total. The van der Waals surface area contributed by atoms with Crippen LogP contribution in [-0.2, 0) is 6.54 Å². The first-order chi connectivity index (χ1) is 11.7. The van der Waals surface area contributed by atoms with Crippen LogP contribution in [0.1, 0.15) is 30.1 Å². The second kappa shape index (κ2) is 7.77. The number of thioether (sulfide) groups is 1. The van der Waals surface area contributed by atoms with E-state index in [9.17, 15) is 9.59 Å². The molecule has 0 bridgehead atoms. The lowest BCUT2D eigenvalue weighted by Crippen LogP contribution is -2.21. The molecule has 0 spiro atoms. The van der Waals surface area contributed by atoms with Crippen molar-refractivity contribution in [3.63, 3.8) is 0 Å². The van der Waals surface area contributed by atoms with Crippen molar-refractivity contribution in [2.45, 2.75) is 31.5 Å². The van der Waals surface area contributed by atoms with Gasteiger partial charge < -0.3 is 0 Å². The van der Waals surface area contributed by atoms with Crippen LogP contribution in [-0.4, -0.2) is 21.1 Å². The first-order valence-electron chi connectivity index (χ1n) is 7.89. The highest BCUT2D eigenvalue weighted by Gasteiger charge is 2.12. The van der Waals surface area contributed by atoms with Crippen LogP contribution < -0.4 is 5.56 Å². The topological polar surface area (TPSA) is 52.0 Å². The van der Waals surface area contributed by atoms with Gasteiger partial charge in [0, 0.05) is 24.3 Å². The molecule has 0 fully saturated rings. The molecule has 124 valence electrons. The number of carbonyl (C=O) groups is 1. The minimum Gasteiger partial charge on any atom is -0.294 e. The maximum Gasteiger partial charge on any atom is 0.272 e. The summed E-state index contributed by atoms with van der Waals surface area (Å²) >= 11 is 2.98. The van der Waals surface area contributed by atoms with Gasteiger partial charge in [-0.3, -0.25) is 14.2 Å². The fourth-order valence-corrected chi connectivity index (χ4v) is 4.26.